The average molecular weight is 226 g/mol. The number of aromatic nitrogens is 1. The standard InChI is InChI=1S/C11H18N2O3/c1-12-10-7-11(9-13-8-10)16-6-5-15-4-3-14-2/h7-9,12H,3-6H2,1-2H3. The van der Waals surface area contributed by atoms with Crippen molar-refractivity contribution < 1.29 is 14.2 Å². The summed E-state index contributed by atoms with van der Waals surface area (Å²) in [6.07, 6.45) is 3.41. The Labute approximate surface area is 95.7 Å². The Hall–Kier alpha value is -1.33. The number of nitrogens with zero attached hydrogens (tertiary/aromatic N) is 1. The molecule has 16 heavy (non-hydrogen) atoms. The van der Waals surface area contributed by atoms with Crippen molar-refractivity contribution in [3.8, 4) is 5.75 Å². The van der Waals surface area contributed by atoms with E-state index >= 15 is 0 Å². The molecule has 5 heteroatoms. The van der Waals surface area contributed by atoms with E-state index in [9.17, 15) is 0 Å². The first-order chi connectivity index (χ1) is 7.86. The fraction of sp³-hybridized carbons (Fsp3) is 0.545. The number of methoxy groups -OCH3 is 1. The van der Waals surface area contributed by atoms with Crippen LogP contribution >= 0.6 is 0 Å². The van der Waals surface area contributed by atoms with Crippen LogP contribution in [0.15, 0.2) is 18.5 Å². The van der Waals surface area contributed by atoms with E-state index in [1.54, 1.807) is 19.5 Å². The third-order valence-electron chi connectivity index (χ3n) is 1.93. The average Bonchev–Trinajstić information content (AvgIpc) is 2.34. The van der Waals surface area contributed by atoms with Gasteiger partial charge in [0, 0.05) is 20.2 Å². The maximum atomic E-state index is 5.46. The third kappa shape index (κ3) is 4.95. The van der Waals surface area contributed by atoms with Crippen LogP contribution in [0.3, 0.4) is 0 Å². The molecule has 90 valence electrons. The molecule has 1 rings (SSSR count). The SMILES string of the molecule is CNc1cncc(OCCOCCOC)c1. The van der Waals surface area contributed by atoms with Crippen molar-refractivity contribution in [3.05, 3.63) is 18.5 Å². The Balaban J connectivity index is 2.16. The van der Waals surface area contributed by atoms with Crippen molar-refractivity contribution in [3.63, 3.8) is 0 Å². The summed E-state index contributed by atoms with van der Waals surface area (Å²) in [7, 11) is 3.49. The van der Waals surface area contributed by atoms with E-state index in [-0.39, 0.29) is 0 Å². The van der Waals surface area contributed by atoms with E-state index in [1.165, 1.54) is 0 Å². The molecule has 0 bridgehead atoms. The molecule has 1 aromatic rings. The van der Waals surface area contributed by atoms with Crippen molar-refractivity contribution >= 4 is 5.69 Å². The lowest BCUT2D eigenvalue weighted by molar-refractivity contribution is 0.0544. The second-order valence-electron chi connectivity index (χ2n) is 3.11. The summed E-state index contributed by atoms with van der Waals surface area (Å²) in [4.78, 5) is 4.04. The number of hydrogen-bond donors (Lipinski definition) is 1. The largest absolute Gasteiger partial charge is 0.489 e. The molecule has 0 spiro atoms. The number of anilines is 1. The molecule has 0 fully saturated rings. The van der Waals surface area contributed by atoms with Crippen LogP contribution in [-0.4, -0.2) is 45.6 Å². The van der Waals surface area contributed by atoms with E-state index in [4.69, 9.17) is 14.2 Å². The summed E-state index contributed by atoms with van der Waals surface area (Å²) in [5.74, 6) is 0.738. The molecule has 0 saturated heterocycles. The van der Waals surface area contributed by atoms with Crippen LogP contribution in [0.5, 0.6) is 5.75 Å². The van der Waals surface area contributed by atoms with Gasteiger partial charge >= 0.3 is 0 Å². The minimum atomic E-state index is 0.512. The predicted octanol–water partition coefficient (Wildman–Crippen LogP) is 1.17. The summed E-state index contributed by atoms with van der Waals surface area (Å²) in [6.45, 7) is 2.26. The zero-order chi connectivity index (χ0) is 11.6. The van der Waals surface area contributed by atoms with E-state index in [2.05, 4.69) is 10.3 Å². The summed E-state index contributed by atoms with van der Waals surface area (Å²) in [5.41, 5.74) is 0.929. The van der Waals surface area contributed by atoms with Crippen LogP contribution in [-0.2, 0) is 9.47 Å². The Morgan fingerprint density at radius 1 is 1.19 bits per heavy atom. The van der Waals surface area contributed by atoms with Crippen LogP contribution in [0.25, 0.3) is 0 Å². The maximum Gasteiger partial charge on any atom is 0.139 e. The summed E-state index contributed by atoms with van der Waals surface area (Å²) in [5, 5.41) is 3.00. The van der Waals surface area contributed by atoms with E-state index in [1.807, 2.05) is 13.1 Å². The van der Waals surface area contributed by atoms with Gasteiger partial charge in [0.1, 0.15) is 12.4 Å². The highest BCUT2D eigenvalue weighted by molar-refractivity contribution is 5.44. The quantitative estimate of drug-likeness (QED) is 0.674. The first-order valence-corrected chi connectivity index (χ1v) is 5.19. The molecule has 0 atom stereocenters. The van der Waals surface area contributed by atoms with Gasteiger partial charge in [-0.15, -0.1) is 0 Å². The Kier molecular flexibility index (Phi) is 6.29. The molecule has 0 unspecified atom stereocenters. The molecule has 5 nitrogen and oxygen atoms in total. The summed E-state index contributed by atoms with van der Waals surface area (Å²) >= 11 is 0. The highest BCUT2D eigenvalue weighted by Crippen LogP contribution is 2.14. The Bertz CT molecular complexity index is 294. The molecular formula is C11H18N2O3. The number of pyridine rings is 1. The zero-order valence-corrected chi connectivity index (χ0v) is 9.73. The van der Waals surface area contributed by atoms with Crippen LogP contribution < -0.4 is 10.1 Å². The summed E-state index contributed by atoms with van der Waals surface area (Å²) in [6, 6.07) is 1.89. The van der Waals surface area contributed by atoms with Gasteiger partial charge in [0.15, 0.2) is 0 Å². The van der Waals surface area contributed by atoms with Crippen LogP contribution in [0.2, 0.25) is 0 Å². The van der Waals surface area contributed by atoms with Gasteiger partial charge in [-0.25, -0.2) is 0 Å². The molecule has 0 aliphatic heterocycles. The number of ether oxygens (including phenoxy) is 3. The van der Waals surface area contributed by atoms with Crippen molar-refractivity contribution in [2.24, 2.45) is 0 Å². The van der Waals surface area contributed by atoms with E-state index in [0.717, 1.165) is 11.4 Å². The highest BCUT2D eigenvalue weighted by atomic mass is 16.5. The minimum Gasteiger partial charge on any atom is -0.489 e. The molecule has 1 aromatic heterocycles. The van der Waals surface area contributed by atoms with Gasteiger partial charge in [-0.05, 0) is 0 Å². The molecule has 0 amide bonds. The molecule has 1 heterocycles. The molecule has 0 radical (unpaired) electrons. The number of rotatable bonds is 8. The van der Waals surface area contributed by atoms with Gasteiger partial charge in [-0.3, -0.25) is 4.98 Å². The fourth-order valence-electron chi connectivity index (χ4n) is 1.10. The van der Waals surface area contributed by atoms with Crippen molar-refractivity contribution in [2.75, 3.05) is 45.9 Å². The smallest absolute Gasteiger partial charge is 0.139 e. The second kappa shape index (κ2) is 7.90. The van der Waals surface area contributed by atoms with Gasteiger partial charge < -0.3 is 19.5 Å². The first-order valence-electron chi connectivity index (χ1n) is 5.19. The lowest BCUT2D eigenvalue weighted by atomic mass is 10.4. The Morgan fingerprint density at radius 3 is 2.75 bits per heavy atom. The Morgan fingerprint density at radius 2 is 2.00 bits per heavy atom. The zero-order valence-electron chi connectivity index (χ0n) is 9.73. The van der Waals surface area contributed by atoms with Gasteiger partial charge in [-0.2, -0.15) is 0 Å². The second-order valence-corrected chi connectivity index (χ2v) is 3.11. The highest BCUT2D eigenvalue weighted by Gasteiger charge is 1.96. The van der Waals surface area contributed by atoms with Crippen LogP contribution in [0.1, 0.15) is 0 Å². The molecular weight excluding hydrogens is 208 g/mol. The molecule has 1 N–H and O–H groups in total. The van der Waals surface area contributed by atoms with E-state index < -0.39 is 0 Å². The molecule has 0 aromatic carbocycles. The van der Waals surface area contributed by atoms with Gasteiger partial charge in [-0.1, -0.05) is 0 Å². The van der Waals surface area contributed by atoms with Crippen LogP contribution in [0.4, 0.5) is 5.69 Å². The third-order valence-corrected chi connectivity index (χ3v) is 1.93. The fourth-order valence-corrected chi connectivity index (χ4v) is 1.10. The van der Waals surface area contributed by atoms with Crippen molar-refractivity contribution in [2.45, 2.75) is 0 Å². The molecule has 0 saturated carbocycles. The maximum absolute atomic E-state index is 5.46. The molecule has 0 aliphatic rings. The lowest BCUT2D eigenvalue weighted by Gasteiger charge is -2.07. The van der Waals surface area contributed by atoms with Gasteiger partial charge in [0.2, 0.25) is 0 Å². The minimum absolute atomic E-state index is 0.512. The predicted molar refractivity (Wildman–Crippen MR) is 62.0 cm³/mol. The van der Waals surface area contributed by atoms with Gasteiger partial charge in [0.25, 0.3) is 0 Å². The number of nitrogens with one attached hydrogen (secondary N) is 1. The van der Waals surface area contributed by atoms with E-state index in [0.29, 0.717) is 26.4 Å². The monoisotopic (exact) mass is 226 g/mol. The van der Waals surface area contributed by atoms with Gasteiger partial charge in [0.05, 0.1) is 37.9 Å². The summed E-state index contributed by atoms with van der Waals surface area (Å²) < 4.78 is 15.6. The topological polar surface area (TPSA) is 52.6 Å². The lowest BCUT2D eigenvalue weighted by Crippen LogP contribution is -2.10. The number of hydrogen-bond acceptors (Lipinski definition) is 5. The normalized spacial score (nSPS) is 10.1. The van der Waals surface area contributed by atoms with Crippen LogP contribution in [0, 0.1) is 0 Å². The molecule has 0 aliphatic carbocycles. The van der Waals surface area contributed by atoms with Crippen molar-refractivity contribution in [1.29, 1.82) is 0 Å². The first kappa shape index (κ1) is 12.7. The van der Waals surface area contributed by atoms with Crippen molar-refractivity contribution in [1.82, 2.24) is 4.98 Å².